The van der Waals surface area contributed by atoms with Crippen molar-refractivity contribution in [2.45, 2.75) is 33.2 Å². The first kappa shape index (κ1) is 12.1. The highest BCUT2D eigenvalue weighted by Gasteiger charge is 2.09. The molecule has 0 saturated heterocycles. The van der Waals surface area contributed by atoms with E-state index >= 15 is 0 Å². The first-order chi connectivity index (χ1) is 8.20. The van der Waals surface area contributed by atoms with Gasteiger partial charge in [0.25, 0.3) is 0 Å². The topological polar surface area (TPSA) is 24.9 Å². The van der Waals surface area contributed by atoms with Gasteiger partial charge in [-0.1, -0.05) is 6.92 Å². The van der Waals surface area contributed by atoms with Gasteiger partial charge in [-0.2, -0.15) is 0 Å². The Bertz CT molecular complexity index is 490. The van der Waals surface area contributed by atoms with Crippen LogP contribution in [0.15, 0.2) is 30.6 Å². The Hall–Kier alpha value is -1.35. The number of thiophene rings is 1. The normalized spacial score (nSPS) is 12.4. The van der Waals surface area contributed by atoms with Crippen LogP contribution in [0.2, 0.25) is 0 Å². The summed E-state index contributed by atoms with van der Waals surface area (Å²) in [5, 5.41) is 3.51. The molecule has 2 heterocycles. The van der Waals surface area contributed by atoms with E-state index in [0.717, 1.165) is 12.1 Å². The molecule has 0 aliphatic heterocycles. The van der Waals surface area contributed by atoms with E-state index < -0.39 is 0 Å². The van der Waals surface area contributed by atoms with E-state index in [1.54, 1.807) is 0 Å². The Morgan fingerprint density at radius 1 is 1.35 bits per heavy atom. The van der Waals surface area contributed by atoms with Gasteiger partial charge in [-0.15, -0.1) is 11.3 Å². The molecule has 0 spiro atoms. The average molecular weight is 246 g/mol. The summed E-state index contributed by atoms with van der Waals surface area (Å²) in [5.41, 5.74) is 2.35. The Kier molecular flexibility index (Phi) is 3.79. The maximum atomic E-state index is 4.15. The number of aromatic nitrogens is 1. The molecule has 1 unspecified atom stereocenters. The van der Waals surface area contributed by atoms with Gasteiger partial charge in [0.15, 0.2) is 0 Å². The molecular weight excluding hydrogens is 228 g/mol. The maximum Gasteiger partial charge on any atom is 0.0579 e. The molecule has 2 aromatic heterocycles. The second-order valence-electron chi connectivity index (χ2n) is 4.21. The number of anilines is 1. The summed E-state index contributed by atoms with van der Waals surface area (Å²) in [7, 11) is 0. The van der Waals surface area contributed by atoms with Crippen molar-refractivity contribution in [1.29, 1.82) is 0 Å². The molecule has 2 aromatic rings. The summed E-state index contributed by atoms with van der Waals surface area (Å²) >= 11 is 1.88. The van der Waals surface area contributed by atoms with Crippen LogP contribution in [0.1, 0.15) is 35.2 Å². The van der Waals surface area contributed by atoms with Crippen molar-refractivity contribution in [1.82, 2.24) is 4.98 Å². The number of hydrogen-bond acceptors (Lipinski definition) is 3. The fraction of sp³-hybridized carbons (Fsp3) is 0.357. The number of pyridine rings is 1. The first-order valence-corrected chi connectivity index (χ1v) is 6.78. The molecule has 2 nitrogen and oxygen atoms in total. The van der Waals surface area contributed by atoms with Gasteiger partial charge < -0.3 is 5.32 Å². The van der Waals surface area contributed by atoms with Crippen LogP contribution < -0.4 is 5.32 Å². The van der Waals surface area contributed by atoms with Gasteiger partial charge in [0.2, 0.25) is 0 Å². The zero-order valence-corrected chi connectivity index (χ0v) is 11.3. The van der Waals surface area contributed by atoms with Crippen LogP contribution in [0.5, 0.6) is 0 Å². The molecule has 0 aliphatic rings. The van der Waals surface area contributed by atoms with Crippen LogP contribution in [-0.4, -0.2) is 4.98 Å². The lowest BCUT2D eigenvalue weighted by molar-refractivity contribution is 0.903. The lowest BCUT2D eigenvalue weighted by Gasteiger charge is -2.15. The lowest BCUT2D eigenvalue weighted by Crippen LogP contribution is -2.06. The number of aryl methyl sites for hydroxylation is 2. The predicted octanol–water partition coefficient (Wildman–Crippen LogP) is 4.19. The van der Waals surface area contributed by atoms with Crippen molar-refractivity contribution in [2.75, 3.05) is 5.32 Å². The smallest absolute Gasteiger partial charge is 0.0579 e. The van der Waals surface area contributed by atoms with Gasteiger partial charge in [0.05, 0.1) is 17.9 Å². The highest BCUT2D eigenvalue weighted by atomic mass is 32.1. The number of rotatable bonds is 4. The maximum absolute atomic E-state index is 4.15. The molecule has 3 heteroatoms. The minimum absolute atomic E-state index is 0.336. The minimum Gasteiger partial charge on any atom is -0.376 e. The lowest BCUT2D eigenvalue weighted by atomic mass is 10.2. The molecule has 0 amide bonds. The van der Waals surface area contributed by atoms with E-state index in [4.69, 9.17) is 0 Å². The first-order valence-electron chi connectivity index (χ1n) is 5.96. The molecule has 2 rings (SSSR count). The average Bonchev–Trinajstić information content (AvgIpc) is 2.81. The van der Waals surface area contributed by atoms with E-state index in [2.05, 4.69) is 43.2 Å². The molecule has 0 saturated carbocycles. The highest BCUT2D eigenvalue weighted by molar-refractivity contribution is 7.12. The molecule has 17 heavy (non-hydrogen) atoms. The second kappa shape index (κ2) is 5.32. The molecule has 0 bridgehead atoms. The van der Waals surface area contributed by atoms with Crippen molar-refractivity contribution >= 4 is 17.0 Å². The van der Waals surface area contributed by atoms with Crippen molar-refractivity contribution in [2.24, 2.45) is 0 Å². The van der Waals surface area contributed by atoms with Crippen LogP contribution in [0.3, 0.4) is 0 Å². The molecule has 0 radical (unpaired) electrons. The standard InChI is InChI=1S/C14H18N2S/c1-4-12-5-6-14(17-12)11(3)16-13-9-15-8-7-10(13)2/h5-9,11,16H,4H2,1-3H3. The quantitative estimate of drug-likeness (QED) is 0.875. The van der Waals surface area contributed by atoms with Crippen molar-refractivity contribution < 1.29 is 0 Å². The van der Waals surface area contributed by atoms with Gasteiger partial charge in [-0.25, -0.2) is 0 Å². The van der Waals surface area contributed by atoms with Crippen molar-refractivity contribution in [3.05, 3.63) is 45.9 Å². The zero-order chi connectivity index (χ0) is 12.3. The van der Waals surface area contributed by atoms with Crippen LogP contribution in [0.25, 0.3) is 0 Å². The number of nitrogens with zero attached hydrogens (tertiary/aromatic N) is 1. The van der Waals surface area contributed by atoms with Crippen LogP contribution in [0, 0.1) is 6.92 Å². The van der Waals surface area contributed by atoms with E-state index in [9.17, 15) is 0 Å². The van der Waals surface area contributed by atoms with Gasteiger partial charge in [0, 0.05) is 16.0 Å². The van der Waals surface area contributed by atoms with Gasteiger partial charge in [-0.3, -0.25) is 4.98 Å². The summed E-state index contributed by atoms with van der Waals surface area (Å²) in [6.45, 7) is 6.49. The molecule has 0 aromatic carbocycles. The fourth-order valence-corrected chi connectivity index (χ4v) is 2.69. The van der Waals surface area contributed by atoms with Crippen LogP contribution >= 0.6 is 11.3 Å². The van der Waals surface area contributed by atoms with Gasteiger partial charge in [-0.05, 0) is 44.0 Å². The minimum atomic E-state index is 0.336. The molecule has 1 atom stereocenters. The third kappa shape index (κ3) is 2.86. The summed E-state index contributed by atoms with van der Waals surface area (Å²) in [4.78, 5) is 6.98. The van der Waals surface area contributed by atoms with Gasteiger partial charge in [0.1, 0.15) is 0 Å². The highest BCUT2D eigenvalue weighted by Crippen LogP contribution is 2.27. The Labute approximate surface area is 107 Å². The summed E-state index contributed by atoms with van der Waals surface area (Å²) in [6.07, 6.45) is 4.83. The molecule has 90 valence electrons. The molecule has 0 aliphatic carbocycles. The largest absolute Gasteiger partial charge is 0.376 e. The van der Waals surface area contributed by atoms with E-state index in [1.807, 2.05) is 29.8 Å². The fourth-order valence-electron chi connectivity index (χ4n) is 1.74. The summed E-state index contributed by atoms with van der Waals surface area (Å²) in [6, 6.07) is 6.80. The summed E-state index contributed by atoms with van der Waals surface area (Å²) in [5.74, 6) is 0. The van der Waals surface area contributed by atoms with Crippen LogP contribution in [0.4, 0.5) is 5.69 Å². The Balaban J connectivity index is 2.11. The van der Waals surface area contributed by atoms with Crippen molar-refractivity contribution in [3.8, 4) is 0 Å². The molecule has 1 N–H and O–H groups in total. The van der Waals surface area contributed by atoms with Gasteiger partial charge >= 0.3 is 0 Å². The Morgan fingerprint density at radius 3 is 2.82 bits per heavy atom. The van der Waals surface area contributed by atoms with E-state index in [-0.39, 0.29) is 0 Å². The Morgan fingerprint density at radius 2 is 2.18 bits per heavy atom. The monoisotopic (exact) mass is 246 g/mol. The molecular formula is C14H18N2S. The molecule has 0 fully saturated rings. The SMILES string of the molecule is CCc1ccc(C(C)Nc2cnccc2C)s1. The van der Waals surface area contributed by atoms with E-state index in [1.165, 1.54) is 15.3 Å². The van der Waals surface area contributed by atoms with Crippen LogP contribution in [-0.2, 0) is 6.42 Å². The van der Waals surface area contributed by atoms with E-state index in [0.29, 0.717) is 6.04 Å². The number of nitrogens with one attached hydrogen (secondary N) is 1. The van der Waals surface area contributed by atoms with Crippen molar-refractivity contribution in [3.63, 3.8) is 0 Å². The zero-order valence-electron chi connectivity index (χ0n) is 10.5. The number of hydrogen-bond donors (Lipinski definition) is 1. The summed E-state index contributed by atoms with van der Waals surface area (Å²) < 4.78 is 0. The predicted molar refractivity (Wildman–Crippen MR) is 74.7 cm³/mol. The third-order valence-corrected chi connectivity index (χ3v) is 4.28. The second-order valence-corrected chi connectivity index (χ2v) is 5.41. The third-order valence-electron chi connectivity index (χ3n) is 2.87.